The van der Waals surface area contributed by atoms with Gasteiger partial charge in [-0.3, -0.25) is 0 Å². The number of carbonyl (C=O) groups excluding carboxylic acids is 1. The first-order valence-electron chi connectivity index (χ1n) is 6.37. The molecule has 0 unspecified atom stereocenters. The zero-order valence-corrected chi connectivity index (χ0v) is 13.1. The molecule has 0 aliphatic heterocycles. The molecule has 0 fully saturated rings. The number of esters is 1. The van der Waals surface area contributed by atoms with E-state index in [0.717, 1.165) is 27.1 Å². The summed E-state index contributed by atoms with van der Waals surface area (Å²) in [6, 6.07) is 1.94. The van der Waals surface area contributed by atoms with E-state index in [1.807, 2.05) is 31.4 Å². The van der Waals surface area contributed by atoms with Crippen molar-refractivity contribution in [2.45, 2.75) is 27.7 Å². The minimum atomic E-state index is -0.390. The predicted octanol–water partition coefficient (Wildman–Crippen LogP) is 3.04. The Morgan fingerprint density at radius 3 is 2.65 bits per heavy atom. The SMILES string of the molecule is CCOC(=O)c1nc(C)sc1-n1c(C)cc(OC)c1C. The van der Waals surface area contributed by atoms with Crippen molar-refractivity contribution in [3.63, 3.8) is 0 Å². The third-order valence-corrected chi connectivity index (χ3v) is 3.95. The van der Waals surface area contributed by atoms with Crippen LogP contribution in [0.1, 0.15) is 33.8 Å². The third kappa shape index (κ3) is 2.43. The molecule has 108 valence electrons. The summed E-state index contributed by atoms with van der Waals surface area (Å²) < 4.78 is 12.4. The fraction of sp³-hybridized carbons (Fsp3) is 0.429. The van der Waals surface area contributed by atoms with E-state index >= 15 is 0 Å². The van der Waals surface area contributed by atoms with Crippen molar-refractivity contribution in [1.29, 1.82) is 0 Å². The Balaban J connectivity index is 2.58. The molecule has 0 bridgehead atoms. The van der Waals surface area contributed by atoms with E-state index in [4.69, 9.17) is 9.47 Å². The van der Waals surface area contributed by atoms with Gasteiger partial charge in [-0.05, 0) is 27.7 Å². The van der Waals surface area contributed by atoms with Gasteiger partial charge >= 0.3 is 5.97 Å². The number of hydrogen-bond donors (Lipinski definition) is 0. The second kappa shape index (κ2) is 5.66. The molecular formula is C14H18N2O3S. The van der Waals surface area contributed by atoms with Crippen molar-refractivity contribution in [3.8, 4) is 10.8 Å². The summed E-state index contributed by atoms with van der Waals surface area (Å²) in [6.45, 7) is 7.92. The molecule has 5 nitrogen and oxygen atoms in total. The van der Waals surface area contributed by atoms with Crippen LogP contribution in [-0.2, 0) is 4.74 Å². The van der Waals surface area contributed by atoms with Crippen molar-refractivity contribution in [3.05, 3.63) is 28.2 Å². The van der Waals surface area contributed by atoms with Gasteiger partial charge in [-0.2, -0.15) is 0 Å². The van der Waals surface area contributed by atoms with E-state index in [1.54, 1.807) is 14.0 Å². The number of aryl methyl sites for hydroxylation is 2. The van der Waals surface area contributed by atoms with Crippen LogP contribution in [0, 0.1) is 20.8 Å². The summed E-state index contributed by atoms with van der Waals surface area (Å²) in [6.07, 6.45) is 0. The van der Waals surface area contributed by atoms with Gasteiger partial charge in [-0.1, -0.05) is 0 Å². The molecular weight excluding hydrogens is 276 g/mol. The first-order chi connectivity index (χ1) is 9.49. The summed E-state index contributed by atoms with van der Waals surface area (Å²) >= 11 is 1.47. The first-order valence-corrected chi connectivity index (χ1v) is 7.19. The number of rotatable bonds is 4. The normalized spacial score (nSPS) is 10.7. The summed E-state index contributed by atoms with van der Waals surface area (Å²) in [5, 5.41) is 1.61. The smallest absolute Gasteiger partial charge is 0.360 e. The monoisotopic (exact) mass is 294 g/mol. The third-order valence-electron chi connectivity index (χ3n) is 2.99. The van der Waals surface area contributed by atoms with Crippen LogP contribution in [0.4, 0.5) is 0 Å². The maximum Gasteiger partial charge on any atom is 0.360 e. The maximum absolute atomic E-state index is 12.0. The number of thiazole rings is 1. The second-order valence-electron chi connectivity index (χ2n) is 4.38. The molecule has 2 heterocycles. The van der Waals surface area contributed by atoms with Crippen molar-refractivity contribution < 1.29 is 14.3 Å². The lowest BCUT2D eigenvalue weighted by molar-refractivity contribution is 0.0520. The van der Waals surface area contributed by atoms with Crippen LogP contribution in [0.25, 0.3) is 5.00 Å². The lowest BCUT2D eigenvalue weighted by atomic mass is 10.4. The van der Waals surface area contributed by atoms with Crippen molar-refractivity contribution in [1.82, 2.24) is 9.55 Å². The van der Waals surface area contributed by atoms with E-state index in [1.165, 1.54) is 11.3 Å². The van der Waals surface area contributed by atoms with Gasteiger partial charge in [-0.25, -0.2) is 9.78 Å². The Morgan fingerprint density at radius 1 is 1.40 bits per heavy atom. The van der Waals surface area contributed by atoms with Crippen LogP contribution in [-0.4, -0.2) is 29.2 Å². The zero-order valence-electron chi connectivity index (χ0n) is 12.3. The summed E-state index contributed by atoms with van der Waals surface area (Å²) in [4.78, 5) is 16.3. The quantitative estimate of drug-likeness (QED) is 0.813. The van der Waals surface area contributed by atoms with E-state index in [9.17, 15) is 4.79 Å². The minimum absolute atomic E-state index is 0.335. The van der Waals surface area contributed by atoms with Gasteiger partial charge in [0, 0.05) is 11.8 Å². The van der Waals surface area contributed by atoms with Gasteiger partial charge in [0.1, 0.15) is 10.8 Å². The van der Waals surface area contributed by atoms with E-state index in [0.29, 0.717) is 12.3 Å². The molecule has 0 spiro atoms. The van der Waals surface area contributed by atoms with Crippen molar-refractivity contribution >= 4 is 17.3 Å². The Hall–Kier alpha value is -1.82. The van der Waals surface area contributed by atoms with E-state index < -0.39 is 5.97 Å². The molecule has 0 aromatic carbocycles. The topological polar surface area (TPSA) is 53.3 Å². The lowest BCUT2D eigenvalue weighted by Gasteiger charge is -2.08. The molecule has 2 aromatic heterocycles. The average molecular weight is 294 g/mol. The molecule has 0 radical (unpaired) electrons. The highest BCUT2D eigenvalue weighted by molar-refractivity contribution is 7.14. The fourth-order valence-electron chi connectivity index (χ4n) is 2.15. The number of carbonyl (C=O) groups is 1. The van der Waals surface area contributed by atoms with Crippen LogP contribution in [0.5, 0.6) is 5.75 Å². The highest BCUT2D eigenvalue weighted by Crippen LogP contribution is 2.31. The van der Waals surface area contributed by atoms with Gasteiger partial charge in [-0.15, -0.1) is 11.3 Å². The van der Waals surface area contributed by atoms with Gasteiger partial charge < -0.3 is 14.0 Å². The van der Waals surface area contributed by atoms with Crippen LogP contribution < -0.4 is 4.74 Å². The fourth-order valence-corrected chi connectivity index (χ4v) is 3.17. The summed E-state index contributed by atoms with van der Waals surface area (Å²) in [5.74, 6) is 0.404. The van der Waals surface area contributed by atoms with Crippen molar-refractivity contribution in [2.24, 2.45) is 0 Å². The number of ether oxygens (including phenoxy) is 2. The van der Waals surface area contributed by atoms with Crippen LogP contribution in [0.3, 0.4) is 0 Å². The molecule has 0 N–H and O–H groups in total. The predicted molar refractivity (Wildman–Crippen MR) is 78.2 cm³/mol. The largest absolute Gasteiger partial charge is 0.495 e. The Labute approximate surface area is 122 Å². The summed E-state index contributed by atoms with van der Waals surface area (Å²) in [7, 11) is 1.64. The second-order valence-corrected chi connectivity index (χ2v) is 5.56. The number of aromatic nitrogens is 2. The lowest BCUT2D eigenvalue weighted by Crippen LogP contribution is -2.10. The molecule has 0 saturated carbocycles. The molecule has 20 heavy (non-hydrogen) atoms. The molecule has 0 atom stereocenters. The van der Waals surface area contributed by atoms with E-state index in [2.05, 4.69) is 4.98 Å². The highest BCUT2D eigenvalue weighted by Gasteiger charge is 2.22. The van der Waals surface area contributed by atoms with E-state index in [-0.39, 0.29) is 0 Å². The van der Waals surface area contributed by atoms with Crippen LogP contribution in [0.15, 0.2) is 6.07 Å². The van der Waals surface area contributed by atoms with Crippen LogP contribution >= 0.6 is 11.3 Å². The number of methoxy groups -OCH3 is 1. The minimum Gasteiger partial charge on any atom is -0.495 e. The summed E-state index contributed by atoms with van der Waals surface area (Å²) in [5.41, 5.74) is 2.30. The maximum atomic E-state index is 12.0. The first kappa shape index (κ1) is 14.6. The van der Waals surface area contributed by atoms with Gasteiger partial charge in [0.2, 0.25) is 0 Å². The molecule has 2 aromatic rings. The van der Waals surface area contributed by atoms with Crippen molar-refractivity contribution in [2.75, 3.05) is 13.7 Å². The molecule has 6 heteroatoms. The number of hydrogen-bond acceptors (Lipinski definition) is 5. The van der Waals surface area contributed by atoms with Crippen LogP contribution in [0.2, 0.25) is 0 Å². The molecule has 0 aliphatic carbocycles. The average Bonchev–Trinajstić information content (AvgIpc) is 2.90. The van der Waals surface area contributed by atoms with Gasteiger partial charge in [0.05, 0.1) is 24.4 Å². The number of nitrogens with zero attached hydrogens (tertiary/aromatic N) is 2. The molecule has 0 saturated heterocycles. The van der Waals surface area contributed by atoms with Gasteiger partial charge in [0.25, 0.3) is 0 Å². The highest BCUT2D eigenvalue weighted by atomic mass is 32.1. The standard InChI is InChI=1S/C14H18N2O3S/c1-6-19-14(17)12-13(20-10(4)15-12)16-8(2)7-11(18-5)9(16)3/h7H,6H2,1-5H3. The molecule has 0 amide bonds. The Morgan fingerprint density at radius 2 is 2.10 bits per heavy atom. The Kier molecular flexibility index (Phi) is 4.13. The zero-order chi connectivity index (χ0) is 14.9. The van der Waals surface area contributed by atoms with Gasteiger partial charge in [0.15, 0.2) is 5.69 Å². The molecule has 2 rings (SSSR count). The Bertz CT molecular complexity index is 643. The molecule has 0 aliphatic rings.